The molecule has 41 heavy (non-hydrogen) atoms. The molecule has 3 rings (SSSR count). The van der Waals surface area contributed by atoms with Crippen LogP contribution in [-0.4, -0.2) is 68.0 Å². The first kappa shape index (κ1) is 31.3. The van der Waals surface area contributed by atoms with Crippen molar-refractivity contribution in [2.45, 2.75) is 38.0 Å². The van der Waals surface area contributed by atoms with Gasteiger partial charge in [0.05, 0.1) is 31.8 Å². The quantitative estimate of drug-likeness (QED) is 0.183. The maximum absolute atomic E-state index is 13.3. The maximum Gasteiger partial charge on any atom is 0.408 e. The van der Waals surface area contributed by atoms with Gasteiger partial charge >= 0.3 is 12.1 Å². The molecule has 0 bridgehead atoms. The third-order valence-corrected chi connectivity index (χ3v) is 6.27. The van der Waals surface area contributed by atoms with E-state index in [4.69, 9.17) is 19.3 Å². The first-order valence-corrected chi connectivity index (χ1v) is 13.6. The molecule has 11 nitrogen and oxygen atoms in total. The smallest absolute Gasteiger partial charge is 0.408 e. The fourth-order valence-electron chi connectivity index (χ4n) is 4.08. The third-order valence-electron chi connectivity index (χ3n) is 6.27. The van der Waals surface area contributed by atoms with Gasteiger partial charge in [0.25, 0.3) is 0 Å². The van der Waals surface area contributed by atoms with Crippen molar-refractivity contribution in [2.75, 3.05) is 33.0 Å². The van der Waals surface area contributed by atoms with E-state index in [2.05, 4.69) is 16.0 Å². The van der Waals surface area contributed by atoms with Crippen molar-refractivity contribution in [2.24, 2.45) is 5.92 Å². The van der Waals surface area contributed by atoms with Crippen LogP contribution in [0.25, 0.3) is 0 Å². The SMILES string of the molecule is O=C(CC1CC=CCC(NC(=O)OCc2ccccc2)C(=O)OCC(c2ccccc2)NC1=O)NCCOCCO. The van der Waals surface area contributed by atoms with Gasteiger partial charge in [-0.3, -0.25) is 9.59 Å². The summed E-state index contributed by atoms with van der Waals surface area (Å²) in [5.41, 5.74) is 1.52. The van der Waals surface area contributed by atoms with Crippen molar-refractivity contribution in [1.82, 2.24) is 16.0 Å². The Balaban J connectivity index is 1.68. The average molecular weight is 568 g/mol. The number of ether oxygens (including phenoxy) is 3. The molecule has 2 aromatic rings. The number of esters is 1. The van der Waals surface area contributed by atoms with Gasteiger partial charge in [-0.2, -0.15) is 0 Å². The molecule has 0 saturated carbocycles. The monoisotopic (exact) mass is 567 g/mol. The van der Waals surface area contributed by atoms with Crippen molar-refractivity contribution in [3.05, 3.63) is 83.9 Å². The van der Waals surface area contributed by atoms with E-state index in [1.807, 2.05) is 36.4 Å². The Morgan fingerprint density at radius 1 is 0.976 bits per heavy atom. The number of rotatable bonds is 11. The second kappa shape index (κ2) is 17.5. The van der Waals surface area contributed by atoms with Crippen LogP contribution < -0.4 is 16.0 Å². The number of cyclic esters (lactones) is 1. The number of hydrogen-bond donors (Lipinski definition) is 4. The number of aliphatic hydroxyl groups is 1. The van der Waals surface area contributed by atoms with E-state index < -0.39 is 30.1 Å². The summed E-state index contributed by atoms with van der Waals surface area (Å²) in [4.78, 5) is 51.2. The zero-order valence-corrected chi connectivity index (χ0v) is 22.8. The van der Waals surface area contributed by atoms with E-state index in [9.17, 15) is 19.2 Å². The lowest BCUT2D eigenvalue weighted by atomic mass is 9.97. The first-order chi connectivity index (χ1) is 20.0. The number of alkyl carbamates (subject to hydrolysis) is 1. The van der Waals surface area contributed by atoms with Gasteiger partial charge in [-0.05, 0) is 24.0 Å². The van der Waals surface area contributed by atoms with Crippen LogP contribution in [0.2, 0.25) is 0 Å². The second-order valence-electron chi connectivity index (χ2n) is 9.39. The minimum atomic E-state index is -1.01. The highest BCUT2D eigenvalue weighted by Crippen LogP contribution is 2.19. The van der Waals surface area contributed by atoms with E-state index in [0.29, 0.717) is 0 Å². The van der Waals surface area contributed by atoms with Gasteiger partial charge in [0, 0.05) is 13.0 Å². The Labute approximate surface area is 239 Å². The summed E-state index contributed by atoms with van der Waals surface area (Å²) in [6, 6.07) is 16.5. The Kier molecular flexibility index (Phi) is 13.3. The highest BCUT2D eigenvalue weighted by Gasteiger charge is 2.28. The lowest BCUT2D eigenvalue weighted by Crippen LogP contribution is -2.44. The van der Waals surface area contributed by atoms with Crippen molar-refractivity contribution < 1.29 is 38.5 Å². The summed E-state index contributed by atoms with van der Waals surface area (Å²) in [5, 5.41) is 17.0. The molecule has 0 saturated heterocycles. The largest absolute Gasteiger partial charge is 0.462 e. The fourth-order valence-corrected chi connectivity index (χ4v) is 4.08. The van der Waals surface area contributed by atoms with Crippen molar-refractivity contribution in [3.8, 4) is 0 Å². The lowest BCUT2D eigenvalue weighted by Gasteiger charge is -2.24. The number of amides is 3. The van der Waals surface area contributed by atoms with E-state index in [1.54, 1.807) is 36.4 Å². The number of hydrogen-bond acceptors (Lipinski definition) is 8. The van der Waals surface area contributed by atoms with E-state index >= 15 is 0 Å². The third kappa shape index (κ3) is 11.4. The molecule has 0 fully saturated rings. The minimum Gasteiger partial charge on any atom is -0.462 e. The van der Waals surface area contributed by atoms with Crippen molar-refractivity contribution >= 4 is 23.9 Å². The van der Waals surface area contributed by atoms with Crippen molar-refractivity contribution in [3.63, 3.8) is 0 Å². The van der Waals surface area contributed by atoms with Crippen LogP contribution in [0.1, 0.15) is 36.4 Å². The van der Waals surface area contributed by atoms with Crippen LogP contribution in [0.5, 0.6) is 0 Å². The van der Waals surface area contributed by atoms with E-state index in [0.717, 1.165) is 11.1 Å². The lowest BCUT2D eigenvalue weighted by molar-refractivity contribution is -0.147. The highest BCUT2D eigenvalue weighted by molar-refractivity contribution is 5.86. The number of benzene rings is 2. The van der Waals surface area contributed by atoms with E-state index in [1.165, 1.54) is 0 Å². The molecule has 0 aromatic heterocycles. The van der Waals surface area contributed by atoms with Crippen LogP contribution in [0, 0.1) is 5.92 Å². The number of carbonyl (C=O) groups excluding carboxylic acids is 4. The molecule has 3 unspecified atom stereocenters. The molecule has 3 amide bonds. The maximum atomic E-state index is 13.3. The Hall–Kier alpha value is -4.22. The summed E-state index contributed by atoms with van der Waals surface area (Å²) >= 11 is 0. The van der Waals surface area contributed by atoms with Gasteiger partial charge in [-0.15, -0.1) is 0 Å². The molecule has 1 aliphatic rings. The fraction of sp³-hybridized carbons (Fsp3) is 0.400. The number of nitrogens with one attached hydrogen (secondary N) is 3. The topological polar surface area (TPSA) is 152 Å². The molecular weight excluding hydrogens is 530 g/mol. The average Bonchev–Trinajstić information content (AvgIpc) is 2.99. The van der Waals surface area contributed by atoms with Gasteiger partial charge < -0.3 is 35.3 Å². The van der Waals surface area contributed by atoms with Gasteiger partial charge in [-0.25, -0.2) is 9.59 Å². The first-order valence-electron chi connectivity index (χ1n) is 13.6. The molecule has 11 heteroatoms. The molecule has 0 spiro atoms. The summed E-state index contributed by atoms with van der Waals surface area (Å²) in [6.07, 6.45) is 2.89. The molecule has 4 N–H and O–H groups in total. The van der Waals surface area contributed by atoms with E-state index in [-0.39, 0.29) is 70.7 Å². The van der Waals surface area contributed by atoms with Gasteiger partial charge in [0.15, 0.2) is 0 Å². The molecule has 0 radical (unpaired) electrons. The predicted molar refractivity (Wildman–Crippen MR) is 149 cm³/mol. The second-order valence-corrected chi connectivity index (χ2v) is 9.39. The van der Waals surface area contributed by atoms with Gasteiger partial charge in [0.1, 0.15) is 19.3 Å². The minimum absolute atomic E-state index is 0.0453. The zero-order chi connectivity index (χ0) is 29.3. The molecule has 0 aliphatic carbocycles. The molecule has 220 valence electrons. The van der Waals surface area contributed by atoms with Gasteiger partial charge in [0.2, 0.25) is 11.8 Å². The van der Waals surface area contributed by atoms with Crippen LogP contribution in [0.4, 0.5) is 4.79 Å². The van der Waals surface area contributed by atoms with Crippen LogP contribution in [-0.2, 0) is 35.2 Å². The van der Waals surface area contributed by atoms with Crippen LogP contribution in [0.15, 0.2) is 72.8 Å². The summed E-state index contributed by atoms with van der Waals surface area (Å²) in [5.74, 6) is -2.03. The van der Waals surface area contributed by atoms with Crippen molar-refractivity contribution in [1.29, 1.82) is 0 Å². The summed E-state index contributed by atoms with van der Waals surface area (Å²) < 4.78 is 16.0. The molecule has 1 heterocycles. The number of aliphatic hydroxyl groups excluding tert-OH is 1. The Morgan fingerprint density at radius 3 is 2.41 bits per heavy atom. The molecule has 3 atom stereocenters. The summed E-state index contributed by atoms with van der Waals surface area (Å²) in [7, 11) is 0. The molecule has 2 aromatic carbocycles. The predicted octanol–water partition coefficient (Wildman–Crippen LogP) is 2.16. The highest BCUT2D eigenvalue weighted by atomic mass is 16.6. The number of carbonyl (C=O) groups is 4. The molecular formula is C30H37N3O8. The standard InChI is InChI=1S/C30H37N3O8/c34-16-18-39-17-15-31-27(35)19-24-13-7-8-14-25(33-30(38)41-20-22-9-3-1-4-10-22)29(37)40-21-26(32-28(24)36)23-11-5-2-6-12-23/h1-12,24-26,34H,13-21H2,(H,31,35)(H,32,36)(H,33,38). The number of allylic oxidation sites excluding steroid dienone is 1. The zero-order valence-electron chi connectivity index (χ0n) is 22.8. The molecule has 1 aliphatic heterocycles. The Bertz CT molecular complexity index is 1140. The normalized spacial score (nSPS) is 19.6. The van der Waals surface area contributed by atoms with Crippen LogP contribution >= 0.6 is 0 Å². The van der Waals surface area contributed by atoms with Crippen LogP contribution in [0.3, 0.4) is 0 Å². The summed E-state index contributed by atoms with van der Waals surface area (Å²) in [6.45, 7) is 0.440. The van der Waals surface area contributed by atoms with Gasteiger partial charge in [-0.1, -0.05) is 72.8 Å². The Morgan fingerprint density at radius 2 is 1.68 bits per heavy atom.